The molecule has 6 heteroatoms. The fourth-order valence-electron chi connectivity index (χ4n) is 4.79. The number of carbonyl (C=O) groups is 2. The number of likely N-dealkylation sites (tertiary alicyclic amines) is 1. The third kappa shape index (κ3) is 3.96. The number of rotatable bonds is 4. The van der Waals surface area contributed by atoms with Crippen LogP contribution in [-0.4, -0.2) is 54.8 Å². The molecule has 5 nitrogen and oxygen atoms in total. The molecule has 0 atom stereocenters. The van der Waals surface area contributed by atoms with Crippen molar-refractivity contribution in [2.45, 2.75) is 39.7 Å². The summed E-state index contributed by atoms with van der Waals surface area (Å²) in [5.41, 5.74) is 5.26. The number of aryl methyl sites for hydroxylation is 3. The molecule has 4 rings (SSSR count). The van der Waals surface area contributed by atoms with Gasteiger partial charge in [0.25, 0.3) is 11.8 Å². The molecule has 0 N–H and O–H groups in total. The van der Waals surface area contributed by atoms with Crippen molar-refractivity contribution in [3.05, 3.63) is 69.4 Å². The van der Waals surface area contributed by atoms with Crippen molar-refractivity contribution in [3.63, 3.8) is 0 Å². The number of hydrogen-bond acceptors (Lipinski definition) is 4. The number of nitrogens with zero attached hydrogens (tertiary/aromatic N) is 3. The SMILES string of the molecule is Cc1ccc(C2=C(N(C)C3CCN(C)CC3)C(=O)N(c3cc(Cl)ccc3C)C2=O)c(C)c1. The lowest BCUT2D eigenvalue weighted by Crippen LogP contribution is -2.43. The van der Waals surface area contributed by atoms with Crippen LogP contribution in [0.25, 0.3) is 5.57 Å². The normalized spacial score (nSPS) is 18.1. The highest BCUT2D eigenvalue weighted by atomic mass is 35.5. The van der Waals surface area contributed by atoms with Gasteiger partial charge in [0.1, 0.15) is 5.70 Å². The smallest absolute Gasteiger partial charge is 0.282 e. The highest BCUT2D eigenvalue weighted by molar-refractivity contribution is 6.46. The van der Waals surface area contributed by atoms with Gasteiger partial charge in [-0.05, 0) is 82.6 Å². The Hall–Kier alpha value is -2.63. The van der Waals surface area contributed by atoms with E-state index in [4.69, 9.17) is 11.6 Å². The number of benzene rings is 2. The molecule has 0 unspecified atom stereocenters. The van der Waals surface area contributed by atoms with Gasteiger partial charge in [-0.15, -0.1) is 0 Å². The van der Waals surface area contributed by atoms with Gasteiger partial charge >= 0.3 is 0 Å². The predicted octanol–water partition coefficient (Wildman–Crippen LogP) is 4.58. The van der Waals surface area contributed by atoms with Gasteiger partial charge in [0, 0.05) is 18.1 Å². The fraction of sp³-hybridized carbons (Fsp3) is 0.385. The third-order valence-electron chi connectivity index (χ3n) is 6.71. The number of carbonyl (C=O) groups excluding carboxylic acids is 2. The van der Waals surface area contributed by atoms with Gasteiger partial charge in [0.2, 0.25) is 0 Å². The Morgan fingerprint density at radius 2 is 1.62 bits per heavy atom. The van der Waals surface area contributed by atoms with Gasteiger partial charge in [-0.1, -0.05) is 41.4 Å². The maximum Gasteiger partial charge on any atom is 0.282 e. The van der Waals surface area contributed by atoms with E-state index in [2.05, 4.69) is 18.0 Å². The summed E-state index contributed by atoms with van der Waals surface area (Å²) < 4.78 is 0. The van der Waals surface area contributed by atoms with Gasteiger partial charge in [-0.3, -0.25) is 9.59 Å². The molecule has 2 aliphatic heterocycles. The average molecular weight is 452 g/mol. The molecule has 2 aromatic rings. The topological polar surface area (TPSA) is 43.9 Å². The summed E-state index contributed by atoms with van der Waals surface area (Å²) in [5.74, 6) is -0.570. The van der Waals surface area contributed by atoms with E-state index in [1.165, 1.54) is 4.90 Å². The first-order valence-electron chi connectivity index (χ1n) is 11.1. The van der Waals surface area contributed by atoms with Gasteiger partial charge in [-0.2, -0.15) is 0 Å². The lowest BCUT2D eigenvalue weighted by molar-refractivity contribution is -0.120. The summed E-state index contributed by atoms with van der Waals surface area (Å²) in [6.45, 7) is 7.86. The number of anilines is 1. The molecule has 2 aliphatic rings. The maximum atomic E-state index is 13.8. The Morgan fingerprint density at radius 3 is 2.28 bits per heavy atom. The van der Waals surface area contributed by atoms with Crippen LogP contribution < -0.4 is 4.90 Å². The molecule has 2 amide bonds. The third-order valence-corrected chi connectivity index (χ3v) is 6.95. The molecule has 0 aliphatic carbocycles. The van der Waals surface area contributed by atoms with Crippen LogP contribution >= 0.6 is 11.6 Å². The molecule has 0 aromatic heterocycles. The molecule has 0 saturated carbocycles. The summed E-state index contributed by atoms with van der Waals surface area (Å²) in [5, 5.41) is 0.497. The van der Waals surface area contributed by atoms with E-state index in [9.17, 15) is 9.59 Å². The van der Waals surface area contributed by atoms with Crippen molar-refractivity contribution in [1.29, 1.82) is 0 Å². The van der Waals surface area contributed by atoms with E-state index in [-0.39, 0.29) is 17.9 Å². The minimum absolute atomic E-state index is 0.208. The number of piperidine rings is 1. The highest BCUT2D eigenvalue weighted by Gasteiger charge is 2.44. The monoisotopic (exact) mass is 451 g/mol. The van der Waals surface area contributed by atoms with Crippen LogP contribution in [0.2, 0.25) is 5.02 Å². The molecule has 0 spiro atoms. The number of halogens is 1. The number of likely N-dealkylation sites (N-methyl/N-ethyl adjacent to an activating group) is 1. The molecule has 1 fully saturated rings. The van der Waals surface area contributed by atoms with E-state index in [0.717, 1.165) is 48.2 Å². The summed E-state index contributed by atoms with van der Waals surface area (Å²) in [6.07, 6.45) is 1.91. The highest BCUT2D eigenvalue weighted by Crippen LogP contribution is 2.39. The van der Waals surface area contributed by atoms with Crippen molar-refractivity contribution >= 4 is 34.7 Å². The fourth-order valence-corrected chi connectivity index (χ4v) is 4.96. The minimum Gasteiger partial charge on any atom is -0.366 e. The van der Waals surface area contributed by atoms with Crippen molar-refractivity contribution in [3.8, 4) is 0 Å². The van der Waals surface area contributed by atoms with E-state index in [0.29, 0.717) is 22.0 Å². The van der Waals surface area contributed by atoms with Crippen LogP contribution in [0.15, 0.2) is 42.1 Å². The van der Waals surface area contributed by atoms with Gasteiger partial charge in [0.15, 0.2) is 0 Å². The van der Waals surface area contributed by atoms with Crippen molar-refractivity contribution in [2.24, 2.45) is 0 Å². The van der Waals surface area contributed by atoms with Gasteiger partial charge < -0.3 is 9.80 Å². The second-order valence-corrected chi connectivity index (χ2v) is 9.50. The zero-order valence-electron chi connectivity index (χ0n) is 19.4. The molecule has 2 aromatic carbocycles. The first-order chi connectivity index (χ1) is 15.2. The van der Waals surface area contributed by atoms with Gasteiger partial charge in [-0.25, -0.2) is 4.90 Å². The number of hydrogen-bond donors (Lipinski definition) is 0. The summed E-state index contributed by atoms with van der Waals surface area (Å²) in [6, 6.07) is 11.5. The molecular formula is C26H30ClN3O2. The zero-order valence-corrected chi connectivity index (χ0v) is 20.2. The molecule has 32 heavy (non-hydrogen) atoms. The van der Waals surface area contributed by atoms with Crippen LogP contribution in [0.3, 0.4) is 0 Å². The lowest BCUT2D eigenvalue weighted by Gasteiger charge is -2.36. The Morgan fingerprint density at radius 1 is 0.938 bits per heavy atom. The molecule has 2 heterocycles. The Bertz CT molecular complexity index is 1120. The molecule has 168 valence electrons. The van der Waals surface area contributed by atoms with Crippen LogP contribution in [0.5, 0.6) is 0 Å². The van der Waals surface area contributed by atoms with Crippen molar-refractivity contribution in [2.75, 3.05) is 32.1 Å². The number of imide groups is 1. The molecule has 0 bridgehead atoms. The van der Waals surface area contributed by atoms with E-state index >= 15 is 0 Å². The summed E-state index contributed by atoms with van der Waals surface area (Å²) in [7, 11) is 4.07. The molecular weight excluding hydrogens is 422 g/mol. The first-order valence-corrected chi connectivity index (χ1v) is 11.4. The van der Waals surface area contributed by atoms with E-state index < -0.39 is 0 Å². The Kier molecular flexibility index (Phi) is 6.15. The molecule has 0 radical (unpaired) electrons. The second kappa shape index (κ2) is 8.72. The van der Waals surface area contributed by atoms with E-state index in [1.807, 2.05) is 50.9 Å². The van der Waals surface area contributed by atoms with Crippen LogP contribution in [0, 0.1) is 20.8 Å². The second-order valence-electron chi connectivity index (χ2n) is 9.06. The van der Waals surface area contributed by atoms with Gasteiger partial charge in [0.05, 0.1) is 11.3 Å². The standard InChI is InChI=1S/C26H30ClN3O2/c1-16-6-9-21(18(3)14-16)23-24(29(5)20-10-12-28(4)13-11-20)26(32)30(25(23)31)22-15-19(27)8-7-17(22)2/h6-9,14-15,20H,10-13H2,1-5H3. The number of amides is 2. The largest absolute Gasteiger partial charge is 0.366 e. The molecule has 1 saturated heterocycles. The summed E-state index contributed by atoms with van der Waals surface area (Å²) >= 11 is 6.24. The Labute approximate surface area is 195 Å². The quantitative estimate of drug-likeness (QED) is 0.638. The van der Waals surface area contributed by atoms with Crippen LogP contribution in [0.4, 0.5) is 5.69 Å². The first kappa shape index (κ1) is 22.6. The van der Waals surface area contributed by atoms with Crippen LogP contribution in [-0.2, 0) is 9.59 Å². The average Bonchev–Trinajstić information content (AvgIpc) is 3.00. The van der Waals surface area contributed by atoms with Crippen LogP contribution in [0.1, 0.15) is 35.1 Å². The summed E-state index contributed by atoms with van der Waals surface area (Å²) in [4.78, 5) is 33.3. The Balaban J connectivity index is 1.85. The van der Waals surface area contributed by atoms with Crippen molar-refractivity contribution in [1.82, 2.24) is 9.80 Å². The predicted molar refractivity (Wildman–Crippen MR) is 130 cm³/mol. The zero-order chi connectivity index (χ0) is 23.2. The van der Waals surface area contributed by atoms with E-state index in [1.54, 1.807) is 12.1 Å². The lowest BCUT2D eigenvalue weighted by atomic mass is 9.96. The van der Waals surface area contributed by atoms with Crippen molar-refractivity contribution < 1.29 is 9.59 Å². The minimum atomic E-state index is -0.290. The maximum absolute atomic E-state index is 13.8.